The summed E-state index contributed by atoms with van der Waals surface area (Å²) in [4.78, 5) is 15.6. The average Bonchev–Trinajstić information content (AvgIpc) is 3.45. The summed E-state index contributed by atoms with van der Waals surface area (Å²) in [5.41, 5.74) is 4.59. The van der Waals surface area contributed by atoms with Crippen molar-refractivity contribution in [2.75, 3.05) is 23.4 Å². The number of hydrogen-bond acceptors (Lipinski definition) is 3. The van der Waals surface area contributed by atoms with E-state index in [4.69, 9.17) is 4.74 Å². The van der Waals surface area contributed by atoms with Gasteiger partial charge in [0.25, 0.3) is 0 Å². The van der Waals surface area contributed by atoms with Crippen molar-refractivity contribution in [1.82, 2.24) is 10.2 Å². The van der Waals surface area contributed by atoms with Crippen LogP contribution >= 0.6 is 0 Å². The van der Waals surface area contributed by atoms with E-state index in [1.54, 1.807) is 17.2 Å². The lowest BCUT2D eigenvalue weighted by atomic mass is 9.86. The van der Waals surface area contributed by atoms with Crippen LogP contribution in [0.2, 0.25) is 0 Å². The number of ether oxygens (including phenoxy) is 1. The predicted octanol–water partition coefficient (Wildman–Crippen LogP) is 7.71. The molecule has 2 amide bonds. The first kappa shape index (κ1) is 26.5. The number of amides is 2. The molecular formula is C33H36N4O2. The first-order valence-corrected chi connectivity index (χ1v) is 13.6. The number of aromatic amines is 1. The standard InChI is InChI=1S/C33H36N4O2/c1-23-12-14-26(33(2,3)4)22-30(23)37(31-16-19-34-36-31)32(38)35-29-15-13-25(27-10-5-6-11-28(27)29)9-7-8-24-17-20-39-21-18-24/h5-6,10-16,19,22,24H,8,17-18,20-21H2,1-4H3,(H,34,36)(H,35,38). The Morgan fingerprint density at radius 1 is 1.08 bits per heavy atom. The van der Waals surface area contributed by atoms with Crippen molar-refractivity contribution in [3.8, 4) is 11.8 Å². The van der Waals surface area contributed by atoms with Gasteiger partial charge < -0.3 is 10.1 Å². The van der Waals surface area contributed by atoms with Gasteiger partial charge in [-0.15, -0.1) is 0 Å². The van der Waals surface area contributed by atoms with Crippen molar-refractivity contribution in [2.24, 2.45) is 5.92 Å². The number of nitrogens with one attached hydrogen (secondary N) is 2. The van der Waals surface area contributed by atoms with E-state index in [-0.39, 0.29) is 11.4 Å². The zero-order chi connectivity index (χ0) is 27.4. The maximum absolute atomic E-state index is 13.9. The topological polar surface area (TPSA) is 70.2 Å². The van der Waals surface area contributed by atoms with Gasteiger partial charge in [-0.25, -0.2) is 9.69 Å². The summed E-state index contributed by atoms with van der Waals surface area (Å²) in [5, 5.41) is 12.2. The molecule has 1 saturated heterocycles. The van der Waals surface area contributed by atoms with E-state index in [1.807, 2.05) is 37.3 Å². The Morgan fingerprint density at radius 2 is 1.85 bits per heavy atom. The van der Waals surface area contributed by atoms with Crippen LogP contribution in [0.1, 0.15) is 56.7 Å². The second kappa shape index (κ2) is 11.3. The number of aryl methyl sites for hydroxylation is 1. The molecule has 1 aromatic heterocycles. The van der Waals surface area contributed by atoms with Crippen LogP contribution in [0.4, 0.5) is 22.0 Å². The van der Waals surface area contributed by atoms with Gasteiger partial charge in [0.2, 0.25) is 0 Å². The number of nitrogens with zero attached hydrogens (tertiary/aromatic N) is 2. The molecule has 0 unspecified atom stereocenters. The van der Waals surface area contributed by atoms with Gasteiger partial charge in [-0.05, 0) is 65.8 Å². The fourth-order valence-corrected chi connectivity index (χ4v) is 4.97. The molecule has 6 nitrogen and oxygen atoms in total. The summed E-state index contributed by atoms with van der Waals surface area (Å²) in [5.74, 6) is 7.98. The Morgan fingerprint density at radius 3 is 2.56 bits per heavy atom. The van der Waals surface area contributed by atoms with Crippen LogP contribution < -0.4 is 10.2 Å². The zero-order valence-corrected chi connectivity index (χ0v) is 23.2. The Kier molecular flexibility index (Phi) is 7.72. The van der Waals surface area contributed by atoms with Gasteiger partial charge in [0.15, 0.2) is 0 Å². The van der Waals surface area contributed by atoms with Crippen LogP contribution in [0.25, 0.3) is 10.8 Å². The third kappa shape index (κ3) is 6.00. The van der Waals surface area contributed by atoms with Gasteiger partial charge in [0.1, 0.15) is 5.82 Å². The highest BCUT2D eigenvalue weighted by Gasteiger charge is 2.24. The molecule has 1 aliphatic heterocycles. The maximum atomic E-state index is 13.9. The SMILES string of the molecule is Cc1ccc(C(C)(C)C)cc1N(C(=O)Nc1ccc(C#CCC2CCOCC2)c2ccccc12)c1ccn[nH]1. The molecule has 4 aromatic rings. The molecule has 0 spiro atoms. The minimum Gasteiger partial charge on any atom is -0.381 e. The Labute approximate surface area is 230 Å². The molecule has 2 heterocycles. The van der Waals surface area contributed by atoms with E-state index in [0.29, 0.717) is 11.7 Å². The maximum Gasteiger partial charge on any atom is 0.332 e. The minimum atomic E-state index is -0.267. The molecule has 5 rings (SSSR count). The molecule has 0 bridgehead atoms. The van der Waals surface area contributed by atoms with Crippen LogP contribution in [-0.4, -0.2) is 29.4 Å². The molecule has 2 N–H and O–H groups in total. The third-order valence-corrected chi connectivity index (χ3v) is 7.37. The Bertz CT molecular complexity index is 1520. The monoisotopic (exact) mass is 520 g/mol. The zero-order valence-electron chi connectivity index (χ0n) is 23.2. The molecule has 0 atom stereocenters. The van der Waals surface area contributed by atoms with Gasteiger partial charge >= 0.3 is 6.03 Å². The van der Waals surface area contributed by atoms with Crippen molar-refractivity contribution in [3.05, 3.63) is 83.6 Å². The number of anilines is 3. The summed E-state index contributed by atoms with van der Waals surface area (Å²) in [6, 6.07) is 19.8. The number of fused-ring (bicyclic) bond motifs is 1. The van der Waals surface area contributed by atoms with Crippen LogP contribution in [0.3, 0.4) is 0 Å². The molecular weight excluding hydrogens is 484 g/mol. The van der Waals surface area contributed by atoms with Gasteiger partial charge in [0, 0.05) is 36.7 Å². The van der Waals surface area contributed by atoms with Crippen LogP contribution in [0.5, 0.6) is 0 Å². The summed E-state index contributed by atoms with van der Waals surface area (Å²) in [7, 11) is 0. The number of hydrogen-bond donors (Lipinski definition) is 2. The largest absolute Gasteiger partial charge is 0.381 e. The van der Waals surface area contributed by atoms with Crippen LogP contribution in [0.15, 0.2) is 66.9 Å². The quantitative estimate of drug-likeness (QED) is 0.271. The second-order valence-corrected chi connectivity index (χ2v) is 11.2. The third-order valence-electron chi connectivity index (χ3n) is 7.37. The number of carbonyl (C=O) groups is 1. The molecule has 1 fully saturated rings. The van der Waals surface area contributed by atoms with Gasteiger partial charge in [-0.3, -0.25) is 5.10 Å². The average molecular weight is 521 g/mol. The normalized spacial score (nSPS) is 14.1. The minimum absolute atomic E-state index is 0.0591. The van der Waals surface area contributed by atoms with Gasteiger partial charge in [-0.2, -0.15) is 5.10 Å². The molecule has 200 valence electrons. The number of benzene rings is 3. The first-order valence-electron chi connectivity index (χ1n) is 13.6. The highest BCUT2D eigenvalue weighted by molar-refractivity contribution is 6.11. The lowest BCUT2D eigenvalue weighted by Gasteiger charge is -2.27. The van der Waals surface area contributed by atoms with E-state index in [1.165, 1.54) is 0 Å². The summed E-state index contributed by atoms with van der Waals surface area (Å²) in [6.07, 6.45) is 4.68. The number of carbonyl (C=O) groups excluding carboxylic acids is 1. The molecule has 0 saturated carbocycles. The number of aromatic nitrogens is 2. The van der Waals surface area contributed by atoms with Crippen molar-refractivity contribution >= 4 is 34.0 Å². The number of H-pyrrole nitrogens is 1. The Balaban J connectivity index is 1.47. The van der Waals surface area contributed by atoms with Gasteiger partial charge in [0.05, 0.1) is 17.6 Å². The summed E-state index contributed by atoms with van der Waals surface area (Å²) < 4.78 is 5.47. The fourth-order valence-electron chi connectivity index (χ4n) is 4.97. The molecule has 0 radical (unpaired) electrons. The highest BCUT2D eigenvalue weighted by Crippen LogP contribution is 2.34. The van der Waals surface area contributed by atoms with Crippen molar-refractivity contribution in [3.63, 3.8) is 0 Å². The second-order valence-electron chi connectivity index (χ2n) is 11.2. The van der Waals surface area contributed by atoms with E-state index >= 15 is 0 Å². The van der Waals surface area contributed by atoms with Crippen molar-refractivity contribution in [1.29, 1.82) is 0 Å². The smallest absolute Gasteiger partial charge is 0.332 e. The summed E-state index contributed by atoms with van der Waals surface area (Å²) >= 11 is 0. The van der Waals surface area contributed by atoms with E-state index in [0.717, 1.165) is 71.3 Å². The Hall–Kier alpha value is -4.08. The van der Waals surface area contributed by atoms with E-state index in [9.17, 15) is 4.79 Å². The fraction of sp³-hybridized carbons (Fsp3) is 0.333. The van der Waals surface area contributed by atoms with Crippen LogP contribution in [-0.2, 0) is 10.2 Å². The van der Waals surface area contributed by atoms with E-state index < -0.39 is 0 Å². The lowest BCUT2D eigenvalue weighted by molar-refractivity contribution is 0.0678. The molecule has 6 heteroatoms. The molecule has 39 heavy (non-hydrogen) atoms. The van der Waals surface area contributed by atoms with Crippen molar-refractivity contribution in [2.45, 2.75) is 52.4 Å². The summed E-state index contributed by atoms with van der Waals surface area (Å²) in [6.45, 7) is 10.2. The molecule has 3 aromatic carbocycles. The molecule has 0 aliphatic carbocycles. The van der Waals surface area contributed by atoms with Gasteiger partial charge in [-0.1, -0.05) is 69.0 Å². The van der Waals surface area contributed by atoms with Crippen LogP contribution in [0, 0.1) is 24.7 Å². The number of rotatable bonds is 4. The lowest BCUT2D eigenvalue weighted by Crippen LogP contribution is -2.32. The highest BCUT2D eigenvalue weighted by atomic mass is 16.5. The predicted molar refractivity (Wildman–Crippen MR) is 159 cm³/mol. The van der Waals surface area contributed by atoms with Crippen molar-refractivity contribution < 1.29 is 9.53 Å². The first-order chi connectivity index (χ1) is 18.8. The molecule has 1 aliphatic rings. The number of urea groups is 1. The van der Waals surface area contributed by atoms with E-state index in [2.05, 4.69) is 72.4 Å².